The molecule has 2 N–H and O–H groups in total. The van der Waals surface area contributed by atoms with Gasteiger partial charge in [-0.05, 0) is 24.3 Å². The Morgan fingerprint density at radius 1 is 0.947 bits per heavy atom. The second-order valence-electron chi connectivity index (χ2n) is 3.78. The fourth-order valence-corrected chi connectivity index (χ4v) is 1.66. The van der Waals surface area contributed by atoms with E-state index < -0.39 is 5.82 Å². The number of nitrogens with two attached hydrogens (primary N) is 1. The third kappa shape index (κ3) is 2.70. The van der Waals surface area contributed by atoms with Gasteiger partial charge in [-0.25, -0.2) is 4.39 Å². The van der Waals surface area contributed by atoms with Crippen molar-refractivity contribution in [3.05, 3.63) is 42.2 Å². The zero-order valence-electron chi connectivity index (χ0n) is 10.6. The van der Waals surface area contributed by atoms with Crippen molar-refractivity contribution in [3.8, 4) is 23.0 Å². The second-order valence-corrected chi connectivity index (χ2v) is 3.78. The number of hydrogen-bond donors (Lipinski definition) is 1. The van der Waals surface area contributed by atoms with E-state index in [0.717, 1.165) is 0 Å². The number of methoxy groups -OCH3 is 2. The Morgan fingerprint density at radius 3 is 2.32 bits per heavy atom. The van der Waals surface area contributed by atoms with Gasteiger partial charge in [-0.15, -0.1) is 0 Å². The van der Waals surface area contributed by atoms with Gasteiger partial charge in [-0.3, -0.25) is 0 Å². The Balaban J connectivity index is 2.37. The number of rotatable bonds is 4. The van der Waals surface area contributed by atoms with Gasteiger partial charge in [0, 0.05) is 11.8 Å². The van der Waals surface area contributed by atoms with Crippen LogP contribution < -0.4 is 19.9 Å². The molecule has 0 heterocycles. The van der Waals surface area contributed by atoms with Crippen molar-refractivity contribution in [1.82, 2.24) is 0 Å². The summed E-state index contributed by atoms with van der Waals surface area (Å²) in [7, 11) is 3.01. The summed E-state index contributed by atoms with van der Waals surface area (Å²) in [4.78, 5) is 0. The highest BCUT2D eigenvalue weighted by Gasteiger charge is 2.13. The minimum absolute atomic E-state index is 0.0701. The highest BCUT2D eigenvalue weighted by molar-refractivity contribution is 5.53. The highest BCUT2D eigenvalue weighted by atomic mass is 19.1. The maximum absolute atomic E-state index is 13.7. The average Bonchev–Trinajstić information content (AvgIpc) is 2.41. The van der Waals surface area contributed by atoms with Crippen LogP contribution in [0.5, 0.6) is 23.0 Å². The third-order valence-electron chi connectivity index (χ3n) is 2.54. The van der Waals surface area contributed by atoms with Crippen LogP contribution in [0.1, 0.15) is 0 Å². The van der Waals surface area contributed by atoms with E-state index in [-0.39, 0.29) is 5.75 Å². The van der Waals surface area contributed by atoms with Gasteiger partial charge in [-0.1, -0.05) is 6.07 Å². The standard InChI is InChI=1S/C14H14FNO3/c1-17-12-4-3-5-13(14(12)18-2)19-11-7-6-9(16)8-10(11)15/h3-8H,16H2,1-2H3. The molecule has 0 radical (unpaired) electrons. The first-order valence-corrected chi connectivity index (χ1v) is 5.59. The monoisotopic (exact) mass is 263 g/mol. The van der Waals surface area contributed by atoms with Crippen molar-refractivity contribution in [2.24, 2.45) is 0 Å². The molecule has 19 heavy (non-hydrogen) atoms. The Hall–Kier alpha value is -2.43. The van der Waals surface area contributed by atoms with Crippen LogP contribution in [-0.2, 0) is 0 Å². The molecule has 0 atom stereocenters. The highest BCUT2D eigenvalue weighted by Crippen LogP contribution is 2.39. The molecule has 0 amide bonds. The molecule has 0 aliphatic heterocycles. The molecule has 100 valence electrons. The predicted octanol–water partition coefficient (Wildman–Crippen LogP) is 3.22. The van der Waals surface area contributed by atoms with Crippen LogP contribution in [0.4, 0.5) is 10.1 Å². The van der Waals surface area contributed by atoms with Crippen LogP contribution in [0.25, 0.3) is 0 Å². The molecule has 0 saturated carbocycles. The molecule has 0 aromatic heterocycles. The Labute approximate surface area is 110 Å². The molecule has 0 fully saturated rings. The van der Waals surface area contributed by atoms with Crippen LogP contribution in [0, 0.1) is 5.82 Å². The molecule has 0 aliphatic carbocycles. The van der Waals surface area contributed by atoms with Crippen LogP contribution >= 0.6 is 0 Å². The van der Waals surface area contributed by atoms with Crippen LogP contribution in [0.15, 0.2) is 36.4 Å². The van der Waals surface area contributed by atoms with Gasteiger partial charge in [0.05, 0.1) is 14.2 Å². The summed E-state index contributed by atoms with van der Waals surface area (Å²) < 4.78 is 29.5. The zero-order chi connectivity index (χ0) is 13.8. The van der Waals surface area contributed by atoms with E-state index in [1.54, 1.807) is 24.3 Å². The largest absolute Gasteiger partial charge is 0.493 e. The van der Waals surface area contributed by atoms with Crippen LogP contribution in [0.2, 0.25) is 0 Å². The molecule has 0 bridgehead atoms. The van der Waals surface area contributed by atoms with E-state index in [9.17, 15) is 4.39 Å². The molecule has 4 nitrogen and oxygen atoms in total. The number of nitrogen functional groups attached to an aromatic ring is 1. The summed E-state index contributed by atoms with van der Waals surface area (Å²) in [6.07, 6.45) is 0. The van der Waals surface area contributed by atoms with Gasteiger partial charge in [0.1, 0.15) is 0 Å². The minimum atomic E-state index is -0.537. The van der Waals surface area contributed by atoms with E-state index in [0.29, 0.717) is 22.9 Å². The Kier molecular flexibility index (Phi) is 3.75. The predicted molar refractivity (Wildman–Crippen MR) is 70.4 cm³/mol. The molecule has 2 aromatic rings. The van der Waals surface area contributed by atoms with Crippen LogP contribution in [-0.4, -0.2) is 14.2 Å². The molecular weight excluding hydrogens is 249 g/mol. The minimum Gasteiger partial charge on any atom is -0.493 e. The first kappa shape index (κ1) is 13.0. The number of benzene rings is 2. The fraction of sp³-hybridized carbons (Fsp3) is 0.143. The van der Waals surface area contributed by atoms with Gasteiger partial charge in [-0.2, -0.15) is 0 Å². The fourth-order valence-electron chi connectivity index (χ4n) is 1.66. The van der Waals surface area contributed by atoms with Crippen molar-refractivity contribution in [2.45, 2.75) is 0 Å². The van der Waals surface area contributed by atoms with E-state index in [1.165, 1.54) is 26.4 Å². The lowest BCUT2D eigenvalue weighted by molar-refractivity contribution is 0.333. The first-order chi connectivity index (χ1) is 9.15. The molecule has 0 spiro atoms. The second kappa shape index (κ2) is 5.48. The summed E-state index contributed by atoms with van der Waals surface area (Å²) in [6.45, 7) is 0. The number of halogens is 1. The summed E-state index contributed by atoms with van der Waals surface area (Å²) in [6, 6.07) is 9.34. The molecule has 0 unspecified atom stereocenters. The number of para-hydroxylation sites is 1. The molecule has 5 heteroatoms. The summed E-state index contributed by atoms with van der Waals surface area (Å²) in [5.41, 5.74) is 5.82. The van der Waals surface area contributed by atoms with Crippen LogP contribution in [0.3, 0.4) is 0 Å². The maximum Gasteiger partial charge on any atom is 0.203 e. The Bertz CT molecular complexity index is 587. The van der Waals surface area contributed by atoms with Crippen molar-refractivity contribution < 1.29 is 18.6 Å². The molecule has 2 rings (SSSR count). The van der Waals surface area contributed by atoms with Gasteiger partial charge in [0.2, 0.25) is 5.75 Å². The van der Waals surface area contributed by atoms with E-state index in [2.05, 4.69) is 0 Å². The van der Waals surface area contributed by atoms with Gasteiger partial charge in [0.15, 0.2) is 23.1 Å². The summed E-state index contributed by atoms with van der Waals surface area (Å²) in [5.74, 6) is 0.813. The summed E-state index contributed by atoms with van der Waals surface area (Å²) >= 11 is 0. The van der Waals surface area contributed by atoms with Gasteiger partial charge in [0.25, 0.3) is 0 Å². The normalized spacial score (nSPS) is 10.1. The Morgan fingerprint density at radius 2 is 1.68 bits per heavy atom. The van der Waals surface area contributed by atoms with Gasteiger partial charge < -0.3 is 19.9 Å². The first-order valence-electron chi connectivity index (χ1n) is 5.59. The summed E-state index contributed by atoms with van der Waals surface area (Å²) in [5, 5.41) is 0. The zero-order valence-corrected chi connectivity index (χ0v) is 10.6. The topological polar surface area (TPSA) is 53.7 Å². The van der Waals surface area contributed by atoms with Gasteiger partial charge >= 0.3 is 0 Å². The lowest BCUT2D eigenvalue weighted by Crippen LogP contribution is -1.96. The van der Waals surface area contributed by atoms with Crippen molar-refractivity contribution in [3.63, 3.8) is 0 Å². The van der Waals surface area contributed by atoms with Crippen molar-refractivity contribution in [1.29, 1.82) is 0 Å². The molecule has 0 aliphatic rings. The van der Waals surface area contributed by atoms with Crippen molar-refractivity contribution in [2.75, 3.05) is 20.0 Å². The SMILES string of the molecule is COc1cccc(Oc2ccc(N)cc2F)c1OC. The number of ether oxygens (including phenoxy) is 3. The average molecular weight is 263 g/mol. The quantitative estimate of drug-likeness (QED) is 0.860. The van der Waals surface area contributed by atoms with Crippen molar-refractivity contribution >= 4 is 5.69 Å². The van der Waals surface area contributed by atoms with E-state index >= 15 is 0 Å². The smallest absolute Gasteiger partial charge is 0.203 e. The lowest BCUT2D eigenvalue weighted by atomic mass is 10.2. The maximum atomic E-state index is 13.7. The number of hydrogen-bond acceptors (Lipinski definition) is 4. The molecule has 0 saturated heterocycles. The lowest BCUT2D eigenvalue weighted by Gasteiger charge is -2.13. The molecular formula is C14H14FNO3. The van der Waals surface area contributed by atoms with E-state index in [4.69, 9.17) is 19.9 Å². The molecule has 2 aromatic carbocycles. The van der Waals surface area contributed by atoms with E-state index in [1.807, 2.05) is 0 Å². The third-order valence-corrected chi connectivity index (χ3v) is 2.54. The number of anilines is 1.